The molecule has 1 aliphatic heterocycles. The largest absolute Gasteiger partial charge is 0.476 e. The number of rotatable bonds is 5. The molecular weight excluding hydrogens is 325 g/mol. The van der Waals surface area contributed by atoms with Crippen molar-refractivity contribution in [3.63, 3.8) is 0 Å². The summed E-state index contributed by atoms with van der Waals surface area (Å²) in [6.07, 6.45) is 2.06. The molecule has 0 unspecified atom stereocenters. The van der Waals surface area contributed by atoms with Crippen LogP contribution in [0.3, 0.4) is 0 Å². The molecule has 1 aromatic rings. The molecule has 22 heavy (non-hydrogen) atoms. The van der Waals surface area contributed by atoms with Crippen molar-refractivity contribution in [2.75, 3.05) is 6.61 Å². The molecule has 0 aliphatic carbocycles. The van der Waals surface area contributed by atoms with Crippen molar-refractivity contribution in [2.45, 2.75) is 51.4 Å². The molecule has 0 saturated carbocycles. The summed E-state index contributed by atoms with van der Waals surface area (Å²) in [5, 5.41) is 3.87. The minimum Gasteiger partial charge on any atom is -0.476 e. The molecule has 4 nitrogen and oxygen atoms in total. The summed E-state index contributed by atoms with van der Waals surface area (Å²) in [4.78, 5) is 12.5. The van der Waals surface area contributed by atoms with Crippen LogP contribution in [0.15, 0.2) is 18.2 Å². The van der Waals surface area contributed by atoms with Gasteiger partial charge in [0.2, 0.25) is 0 Å². The van der Waals surface area contributed by atoms with Crippen LogP contribution < -0.4 is 10.1 Å². The van der Waals surface area contributed by atoms with Gasteiger partial charge in [-0.05, 0) is 45.7 Å². The van der Waals surface area contributed by atoms with E-state index >= 15 is 0 Å². The third kappa shape index (κ3) is 4.28. The molecule has 0 bridgehead atoms. The van der Waals surface area contributed by atoms with E-state index in [0.29, 0.717) is 15.8 Å². The Morgan fingerprint density at radius 1 is 1.45 bits per heavy atom. The number of ether oxygens (including phenoxy) is 2. The lowest BCUT2D eigenvalue weighted by Gasteiger charge is -2.29. The first-order valence-corrected chi connectivity index (χ1v) is 8.12. The lowest BCUT2D eigenvalue weighted by molar-refractivity contribution is -0.135. The smallest absolute Gasteiger partial charge is 0.263 e. The highest BCUT2D eigenvalue weighted by atomic mass is 35.5. The summed E-state index contributed by atoms with van der Waals surface area (Å²) in [7, 11) is 0. The zero-order valence-corrected chi connectivity index (χ0v) is 14.5. The van der Waals surface area contributed by atoms with Crippen LogP contribution in [0.2, 0.25) is 10.0 Å². The highest BCUT2D eigenvalue weighted by molar-refractivity contribution is 6.34. The van der Waals surface area contributed by atoms with Crippen LogP contribution in [-0.4, -0.2) is 30.3 Å². The highest BCUT2D eigenvalue weighted by Crippen LogP contribution is 2.31. The van der Waals surface area contributed by atoms with Gasteiger partial charge in [0.1, 0.15) is 5.75 Å². The summed E-state index contributed by atoms with van der Waals surface area (Å²) >= 11 is 12.0. The summed E-state index contributed by atoms with van der Waals surface area (Å²) in [6.45, 7) is 6.09. The summed E-state index contributed by atoms with van der Waals surface area (Å²) in [6, 6.07) is 4.85. The highest BCUT2D eigenvalue weighted by Gasteiger charge is 2.33. The standard InChI is InChI=1S/C16H21Cl2NO3/c1-10(13-5-4-8-21-13)19-15(20)16(2,3)22-14-9-11(17)6-7-12(14)18/h6-7,9-10,13H,4-5,8H2,1-3H3,(H,19,20)/t10-,13-/m1/s1. The number of carbonyl (C=O) groups is 1. The van der Waals surface area contributed by atoms with Gasteiger partial charge < -0.3 is 14.8 Å². The maximum atomic E-state index is 12.5. The maximum absolute atomic E-state index is 12.5. The number of halogens is 2. The van der Waals surface area contributed by atoms with Crippen molar-refractivity contribution in [1.82, 2.24) is 5.32 Å². The molecule has 0 aromatic heterocycles. The molecule has 2 atom stereocenters. The van der Waals surface area contributed by atoms with Crippen molar-refractivity contribution < 1.29 is 14.3 Å². The molecule has 1 aliphatic rings. The number of hydrogen-bond donors (Lipinski definition) is 1. The monoisotopic (exact) mass is 345 g/mol. The summed E-state index contributed by atoms with van der Waals surface area (Å²) in [5.74, 6) is 0.172. The predicted molar refractivity (Wildman–Crippen MR) is 87.7 cm³/mol. The van der Waals surface area contributed by atoms with Gasteiger partial charge in [-0.25, -0.2) is 0 Å². The molecule has 1 N–H and O–H groups in total. The van der Waals surface area contributed by atoms with Crippen molar-refractivity contribution in [2.24, 2.45) is 0 Å². The van der Waals surface area contributed by atoms with E-state index in [4.69, 9.17) is 32.7 Å². The van der Waals surface area contributed by atoms with Gasteiger partial charge >= 0.3 is 0 Å². The van der Waals surface area contributed by atoms with E-state index in [1.807, 2.05) is 6.92 Å². The number of hydrogen-bond acceptors (Lipinski definition) is 3. The Hall–Kier alpha value is -0.970. The van der Waals surface area contributed by atoms with Gasteiger partial charge in [0.15, 0.2) is 5.60 Å². The van der Waals surface area contributed by atoms with Gasteiger partial charge in [-0.1, -0.05) is 23.2 Å². The van der Waals surface area contributed by atoms with Crippen molar-refractivity contribution in [3.05, 3.63) is 28.2 Å². The molecule has 0 radical (unpaired) electrons. The van der Waals surface area contributed by atoms with Crippen LogP contribution in [-0.2, 0) is 9.53 Å². The lowest BCUT2D eigenvalue weighted by atomic mass is 10.1. The van der Waals surface area contributed by atoms with E-state index in [-0.39, 0.29) is 18.1 Å². The molecule has 1 aromatic carbocycles. The molecule has 122 valence electrons. The first kappa shape index (κ1) is 17.4. The Labute approximate surface area is 141 Å². The minimum atomic E-state index is -1.07. The average Bonchev–Trinajstić information content (AvgIpc) is 2.96. The Kier molecular flexibility index (Phi) is 5.59. The molecule has 1 saturated heterocycles. The Balaban J connectivity index is 2.02. The first-order valence-electron chi connectivity index (χ1n) is 7.36. The number of benzene rings is 1. The van der Waals surface area contributed by atoms with Gasteiger partial charge in [0.05, 0.1) is 17.2 Å². The fraction of sp³-hybridized carbons (Fsp3) is 0.562. The molecular formula is C16H21Cl2NO3. The van der Waals surface area contributed by atoms with Gasteiger partial charge in [-0.3, -0.25) is 4.79 Å². The van der Waals surface area contributed by atoms with E-state index in [2.05, 4.69) is 5.32 Å². The van der Waals surface area contributed by atoms with E-state index in [9.17, 15) is 4.79 Å². The van der Waals surface area contributed by atoms with Crippen LogP contribution in [0.5, 0.6) is 5.75 Å². The van der Waals surface area contributed by atoms with Crippen LogP contribution >= 0.6 is 23.2 Å². The maximum Gasteiger partial charge on any atom is 0.263 e. The fourth-order valence-electron chi connectivity index (χ4n) is 2.35. The SMILES string of the molecule is C[C@@H](NC(=O)C(C)(C)Oc1cc(Cl)ccc1Cl)[C@H]1CCCO1. The number of nitrogens with one attached hydrogen (secondary N) is 1. The Morgan fingerprint density at radius 3 is 2.82 bits per heavy atom. The van der Waals surface area contributed by atoms with E-state index < -0.39 is 5.60 Å². The number of amides is 1. The average molecular weight is 346 g/mol. The summed E-state index contributed by atoms with van der Waals surface area (Å²) in [5.41, 5.74) is -1.07. The van der Waals surface area contributed by atoms with Crippen LogP contribution in [0, 0.1) is 0 Å². The van der Waals surface area contributed by atoms with Gasteiger partial charge in [-0.2, -0.15) is 0 Å². The third-order valence-electron chi connectivity index (χ3n) is 3.69. The lowest BCUT2D eigenvalue weighted by Crippen LogP contribution is -2.52. The normalized spacial score (nSPS) is 19.8. The minimum absolute atomic E-state index is 0.0623. The molecule has 1 heterocycles. The predicted octanol–water partition coefficient (Wildman–Crippen LogP) is 3.83. The molecule has 0 spiro atoms. The second-order valence-corrected chi connectivity index (χ2v) is 6.84. The topological polar surface area (TPSA) is 47.6 Å². The van der Waals surface area contributed by atoms with Crippen molar-refractivity contribution >= 4 is 29.1 Å². The summed E-state index contributed by atoms with van der Waals surface area (Å²) < 4.78 is 11.4. The van der Waals surface area contributed by atoms with E-state index in [0.717, 1.165) is 19.4 Å². The Morgan fingerprint density at radius 2 is 2.18 bits per heavy atom. The zero-order valence-electron chi connectivity index (χ0n) is 13.0. The van der Waals surface area contributed by atoms with E-state index in [1.54, 1.807) is 32.0 Å². The fourth-order valence-corrected chi connectivity index (χ4v) is 2.67. The molecule has 6 heteroatoms. The van der Waals surface area contributed by atoms with Gasteiger partial charge in [0, 0.05) is 17.7 Å². The first-order chi connectivity index (χ1) is 10.3. The third-order valence-corrected chi connectivity index (χ3v) is 4.23. The van der Waals surface area contributed by atoms with Gasteiger partial charge in [0.25, 0.3) is 5.91 Å². The quantitative estimate of drug-likeness (QED) is 0.881. The van der Waals surface area contributed by atoms with Crippen molar-refractivity contribution in [3.8, 4) is 5.75 Å². The van der Waals surface area contributed by atoms with Gasteiger partial charge in [-0.15, -0.1) is 0 Å². The van der Waals surface area contributed by atoms with Crippen LogP contribution in [0.25, 0.3) is 0 Å². The zero-order chi connectivity index (χ0) is 16.3. The number of carbonyl (C=O) groups excluding carboxylic acids is 1. The van der Waals surface area contributed by atoms with Crippen molar-refractivity contribution in [1.29, 1.82) is 0 Å². The van der Waals surface area contributed by atoms with Crippen LogP contribution in [0.4, 0.5) is 0 Å². The second kappa shape index (κ2) is 7.07. The second-order valence-electron chi connectivity index (χ2n) is 6.00. The Bertz CT molecular complexity index is 542. The molecule has 1 fully saturated rings. The molecule has 2 rings (SSSR count). The van der Waals surface area contributed by atoms with Crippen LogP contribution in [0.1, 0.15) is 33.6 Å². The van der Waals surface area contributed by atoms with E-state index in [1.165, 1.54) is 0 Å². The molecule has 1 amide bonds.